The molecule has 0 aromatic carbocycles. The van der Waals surface area contributed by atoms with E-state index in [9.17, 15) is 9.59 Å². The summed E-state index contributed by atoms with van der Waals surface area (Å²) in [5.74, 6) is 1.11. The van der Waals surface area contributed by atoms with E-state index in [1.807, 2.05) is 18.7 Å². The first-order chi connectivity index (χ1) is 12.5. The largest absolute Gasteiger partial charge is 0.384 e. The third-order valence-corrected chi connectivity index (χ3v) is 5.14. The van der Waals surface area contributed by atoms with E-state index in [1.165, 1.54) is 0 Å². The molecule has 2 amide bonds. The van der Waals surface area contributed by atoms with Crippen molar-refractivity contribution in [2.45, 2.75) is 57.9 Å². The van der Waals surface area contributed by atoms with Crippen LogP contribution in [-0.4, -0.2) is 59.5 Å². The van der Waals surface area contributed by atoms with Crippen molar-refractivity contribution in [2.24, 2.45) is 0 Å². The normalized spacial score (nSPS) is 19.7. The van der Waals surface area contributed by atoms with Crippen LogP contribution in [0, 0.1) is 13.8 Å². The average Bonchev–Trinajstić information content (AvgIpc) is 3.27. The molecule has 1 unspecified atom stereocenters. The van der Waals surface area contributed by atoms with Crippen molar-refractivity contribution < 1.29 is 14.3 Å². The predicted octanol–water partition coefficient (Wildman–Crippen LogP) is 1.27. The van der Waals surface area contributed by atoms with Crippen LogP contribution in [0.5, 0.6) is 0 Å². The predicted molar refractivity (Wildman–Crippen MR) is 96.8 cm³/mol. The molecule has 2 aliphatic rings. The van der Waals surface area contributed by atoms with Gasteiger partial charge in [-0.15, -0.1) is 0 Å². The number of hydrogen-bond donors (Lipinski definition) is 1. The van der Waals surface area contributed by atoms with Crippen molar-refractivity contribution in [3.05, 3.63) is 22.8 Å². The van der Waals surface area contributed by atoms with E-state index >= 15 is 0 Å². The Kier molecular flexibility index (Phi) is 5.86. The molecule has 1 aromatic heterocycles. The second kappa shape index (κ2) is 8.12. The van der Waals surface area contributed by atoms with Gasteiger partial charge in [0.15, 0.2) is 0 Å². The van der Waals surface area contributed by atoms with Crippen LogP contribution in [0.1, 0.15) is 54.4 Å². The number of aromatic nitrogens is 2. The molecule has 7 heteroatoms. The first-order valence-electron chi connectivity index (χ1n) is 9.38. The second-order valence-electron chi connectivity index (χ2n) is 7.32. The van der Waals surface area contributed by atoms with Gasteiger partial charge in [-0.1, -0.05) is 0 Å². The van der Waals surface area contributed by atoms with Gasteiger partial charge >= 0.3 is 0 Å². The molecule has 0 radical (unpaired) electrons. The molecule has 1 saturated carbocycles. The monoisotopic (exact) mass is 360 g/mol. The molecule has 3 rings (SSSR count). The van der Waals surface area contributed by atoms with Crippen LogP contribution in [-0.2, 0) is 20.7 Å². The minimum absolute atomic E-state index is 0.0471. The quantitative estimate of drug-likeness (QED) is 0.791. The van der Waals surface area contributed by atoms with Crippen LogP contribution in [0.2, 0.25) is 0 Å². The van der Waals surface area contributed by atoms with Crippen LogP contribution in [0.3, 0.4) is 0 Å². The van der Waals surface area contributed by atoms with Crippen molar-refractivity contribution in [3.8, 4) is 0 Å². The summed E-state index contributed by atoms with van der Waals surface area (Å²) in [6.07, 6.45) is 3.79. The number of carbonyl (C=O) groups excluding carboxylic acids is 2. The molecule has 0 bridgehead atoms. The van der Waals surface area contributed by atoms with Crippen molar-refractivity contribution in [2.75, 3.05) is 26.8 Å². The third-order valence-electron chi connectivity index (χ3n) is 5.14. The van der Waals surface area contributed by atoms with E-state index in [0.717, 1.165) is 48.6 Å². The van der Waals surface area contributed by atoms with E-state index in [0.29, 0.717) is 32.0 Å². The van der Waals surface area contributed by atoms with Gasteiger partial charge in [0.05, 0.1) is 19.4 Å². The third kappa shape index (κ3) is 4.58. The number of likely N-dealkylation sites (tertiary alicyclic amines) is 1. The van der Waals surface area contributed by atoms with E-state index < -0.39 is 0 Å². The molecule has 1 aliphatic heterocycles. The van der Waals surface area contributed by atoms with Gasteiger partial charge < -0.3 is 15.0 Å². The van der Waals surface area contributed by atoms with Crippen molar-refractivity contribution in [1.29, 1.82) is 0 Å². The first-order valence-corrected chi connectivity index (χ1v) is 9.38. The van der Waals surface area contributed by atoms with Crippen LogP contribution in [0.4, 0.5) is 0 Å². The lowest BCUT2D eigenvalue weighted by Crippen LogP contribution is -2.29. The Morgan fingerprint density at radius 1 is 1.19 bits per heavy atom. The fourth-order valence-electron chi connectivity index (χ4n) is 3.42. The molecule has 1 saturated heterocycles. The lowest BCUT2D eigenvalue weighted by Gasteiger charge is -2.17. The fourth-order valence-corrected chi connectivity index (χ4v) is 3.42. The van der Waals surface area contributed by atoms with Gasteiger partial charge in [0.25, 0.3) is 0 Å². The zero-order valence-electron chi connectivity index (χ0n) is 15.9. The van der Waals surface area contributed by atoms with Gasteiger partial charge in [-0.25, -0.2) is 9.97 Å². The van der Waals surface area contributed by atoms with E-state index in [1.54, 1.807) is 7.11 Å². The highest BCUT2D eigenvalue weighted by atomic mass is 16.5. The van der Waals surface area contributed by atoms with Crippen LogP contribution in [0.15, 0.2) is 0 Å². The number of nitrogens with zero attached hydrogens (tertiary/aromatic N) is 3. The maximum absolute atomic E-state index is 12.1. The van der Waals surface area contributed by atoms with Gasteiger partial charge in [0.1, 0.15) is 5.82 Å². The molecule has 2 fully saturated rings. The summed E-state index contributed by atoms with van der Waals surface area (Å²) in [6, 6.07) is 0.364. The Morgan fingerprint density at radius 3 is 2.50 bits per heavy atom. The summed E-state index contributed by atoms with van der Waals surface area (Å²) < 4.78 is 4.98. The molecule has 1 aromatic rings. The standard InChI is InChI=1S/C19H28N4O3/c1-12-16(10-17(24)22-15-4-5-15)13(2)21-19(20-12)14-6-8-23(11-14)18(25)7-9-26-3/h14-15H,4-11H2,1-3H3,(H,22,24). The SMILES string of the molecule is COCCC(=O)N1CCC(c2nc(C)c(CC(=O)NC3CC3)c(C)n2)C1. The summed E-state index contributed by atoms with van der Waals surface area (Å²) >= 11 is 0. The van der Waals surface area contributed by atoms with Crippen LogP contribution >= 0.6 is 0 Å². The smallest absolute Gasteiger partial charge is 0.224 e. The van der Waals surface area contributed by atoms with Crippen molar-refractivity contribution >= 4 is 11.8 Å². The molecule has 142 valence electrons. The number of carbonyl (C=O) groups is 2. The molecular formula is C19H28N4O3. The minimum atomic E-state index is 0.0471. The Balaban J connectivity index is 1.64. The number of nitrogens with one attached hydrogen (secondary N) is 1. The zero-order valence-corrected chi connectivity index (χ0v) is 15.9. The highest BCUT2D eigenvalue weighted by Gasteiger charge is 2.30. The summed E-state index contributed by atoms with van der Waals surface area (Å²) in [5.41, 5.74) is 2.64. The van der Waals surface area contributed by atoms with Crippen LogP contribution < -0.4 is 5.32 Å². The molecular weight excluding hydrogens is 332 g/mol. The Morgan fingerprint density at radius 2 is 1.88 bits per heavy atom. The highest BCUT2D eigenvalue weighted by Crippen LogP contribution is 2.27. The van der Waals surface area contributed by atoms with E-state index in [2.05, 4.69) is 15.3 Å². The summed E-state index contributed by atoms with van der Waals surface area (Å²) in [5, 5.41) is 3.01. The lowest BCUT2D eigenvalue weighted by molar-refractivity contribution is -0.131. The fraction of sp³-hybridized carbons (Fsp3) is 0.684. The summed E-state index contributed by atoms with van der Waals surface area (Å²) in [6.45, 7) is 5.72. The molecule has 1 atom stereocenters. The van der Waals surface area contributed by atoms with Gasteiger partial charge in [0.2, 0.25) is 11.8 Å². The first kappa shape index (κ1) is 18.8. The molecule has 1 N–H and O–H groups in total. The average molecular weight is 360 g/mol. The van der Waals surface area contributed by atoms with Gasteiger partial charge in [-0.05, 0) is 33.1 Å². The Hall–Kier alpha value is -2.02. The Bertz CT molecular complexity index is 664. The number of hydrogen-bond acceptors (Lipinski definition) is 5. The van der Waals surface area contributed by atoms with Gasteiger partial charge in [-0.3, -0.25) is 9.59 Å². The minimum Gasteiger partial charge on any atom is -0.384 e. The van der Waals surface area contributed by atoms with E-state index in [4.69, 9.17) is 4.74 Å². The molecule has 26 heavy (non-hydrogen) atoms. The van der Waals surface area contributed by atoms with Crippen molar-refractivity contribution in [3.63, 3.8) is 0 Å². The molecule has 1 aliphatic carbocycles. The number of rotatable bonds is 7. The topological polar surface area (TPSA) is 84.4 Å². The number of aryl methyl sites for hydroxylation is 2. The number of amides is 2. The van der Waals surface area contributed by atoms with Gasteiger partial charge in [0, 0.05) is 49.1 Å². The molecule has 2 heterocycles. The summed E-state index contributed by atoms with van der Waals surface area (Å²) in [4.78, 5) is 35.4. The lowest BCUT2D eigenvalue weighted by atomic mass is 10.0. The molecule has 7 nitrogen and oxygen atoms in total. The highest BCUT2D eigenvalue weighted by molar-refractivity contribution is 5.79. The zero-order chi connectivity index (χ0) is 18.7. The number of methoxy groups -OCH3 is 1. The second-order valence-corrected chi connectivity index (χ2v) is 7.32. The molecule has 0 spiro atoms. The van der Waals surface area contributed by atoms with E-state index in [-0.39, 0.29) is 17.7 Å². The Labute approximate surface area is 154 Å². The maximum atomic E-state index is 12.1. The van der Waals surface area contributed by atoms with Gasteiger partial charge in [-0.2, -0.15) is 0 Å². The van der Waals surface area contributed by atoms with Crippen molar-refractivity contribution in [1.82, 2.24) is 20.2 Å². The maximum Gasteiger partial charge on any atom is 0.224 e. The summed E-state index contributed by atoms with van der Waals surface area (Å²) in [7, 11) is 1.60. The van der Waals surface area contributed by atoms with Crippen LogP contribution in [0.25, 0.3) is 0 Å². The number of ether oxygens (including phenoxy) is 1.